The van der Waals surface area contributed by atoms with Crippen LogP contribution >= 0.6 is 0 Å². The highest BCUT2D eigenvalue weighted by Crippen LogP contribution is 2.14. The Hall–Kier alpha value is -3.22. The highest BCUT2D eigenvalue weighted by molar-refractivity contribution is 5.75. The average molecular weight is 394 g/mol. The topological polar surface area (TPSA) is 90.1 Å². The summed E-state index contributed by atoms with van der Waals surface area (Å²) in [5.41, 5.74) is 1.90. The molecule has 1 amide bonds. The number of benzene rings is 1. The standard InChI is InChI=1S/C22H26N4O3/c1-2-6-20-25-22(29-26-20)9-5-8-21(27)24-15-17-10-12-19(13-11-17)28-16-18-7-3-4-14-23-18/h3-4,7,10-14H,2,5-6,8-9,15-16H2,1H3,(H,24,27). The molecule has 0 fully saturated rings. The second-order valence-corrected chi connectivity index (χ2v) is 6.74. The van der Waals surface area contributed by atoms with E-state index in [2.05, 4.69) is 27.4 Å². The predicted molar refractivity (Wildman–Crippen MR) is 108 cm³/mol. The summed E-state index contributed by atoms with van der Waals surface area (Å²) in [6.07, 6.45) is 5.27. The Morgan fingerprint density at radius 2 is 2.00 bits per heavy atom. The Kier molecular flexibility index (Phi) is 7.74. The number of carbonyl (C=O) groups is 1. The molecule has 29 heavy (non-hydrogen) atoms. The van der Waals surface area contributed by atoms with Crippen LogP contribution in [0.15, 0.2) is 53.2 Å². The van der Waals surface area contributed by atoms with Crippen LogP contribution in [0, 0.1) is 0 Å². The van der Waals surface area contributed by atoms with Gasteiger partial charge in [0.05, 0.1) is 5.69 Å². The molecule has 7 nitrogen and oxygen atoms in total. The number of nitrogens with zero attached hydrogens (tertiary/aromatic N) is 3. The molecule has 0 unspecified atom stereocenters. The van der Waals surface area contributed by atoms with Gasteiger partial charge in [-0.15, -0.1) is 0 Å². The van der Waals surface area contributed by atoms with Crippen molar-refractivity contribution in [1.82, 2.24) is 20.4 Å². The normalized spacial score (nSPS) is 10.7. The molecule has 0 aliphatic rings. The maximum absolute atomic E-state index is 12.0. The third-order valence-electron chi connectivity index (χ3n) is 4.30. The van der Waals surface area contributed by atoms with E-state index in [0.29, 0.717) is 38.3 Å². The van der Waals surface area contributed by atoms with Crippen molar-refractivity contribution in [3.8, 4) is 5.75 Å². The van der Waals surface area contributed by atoms with Crippen LogP contribution in [0.4, 0.5) is 0 Å². The molecule has 152 valence electrons. The number of carbonyl (C=O) groups excluding carboxylic acids is 1. The van der Waals surface area contributed by atoms with Gasteiger partial charge in [-0.1, -0.05) is 30.3 Å². The van der Waals surface area contributed by atoms with Crippen LogP contribution in [0.1, 0.15) is 49.2 Å². The lowest BCUT2D eigenvalue weighted by atomic mass is 10.2. The number of pyridine rings is 1. The van der Waals surface area contributed by atoms with E-state index in [1.54, 1.807) is 6.20 Å². The highest BCUT2D eigenvalue weighted by atomic mass is 16.5. The molecule has 0 spiro atoms. The first kappa shape index (κ1) is 20.5. The molecule has 0 aliphatic carbocycles. The summed E-state index contributed by atoms with van der Waals surface area (Å²) in [7, 11) is 0. The summed E-state index contributed by atoms with van der Waals surface area (Å²) < 4.78 is 10.9. The molecule has 7 heteroatoms. The van der Waals surface area contributed by atoms with Crippen molar-refractivity contribution in [2.24, 2.45) is 0 Å². The molecule has 0 aliphatic heterocycles. The van der Waals surface area contributed by atoms with E-state index in [0.717, 1.165) is 35.7 Å². The molecule has 0 saturated carbocycles. The fourth-order valence-corrected chi connectivity index (χ4v) is 2.75. The number of rotatable bonds is 11. The minimum atomic E-state index is 0.00813. The number of aromatic nitrogens is 3. The second kappa shape index (κ2) is 10.9. The van der Waals surface area contributed by atoms with Gasteiger partial charge in [0, 0.05) is 32.0 Å². The van der Waals surface area contributed by atoms with Gasteiger partial charge >= 0.3 is 0 Å². The molecule has 1 N–H and O–H groups in total. The SMILES string of the molecule is CCCc1noc(CCCC(=O)NCc2ccc(OCc3ccccn3)cc2)n1. The van der Waals surface area contributed by atoms with Gasteiger partial charge in [-0.3, -0.25) is 9.78 Å². The van der Waals surface area contributed by atoms with Gasteiger partial charge in [0.1, 0.15) is 12.4 Å². The zero-order valence-electron chi connectivity index (χ0n) is 16.6. The van der Waals surface area contributed by atoms with Crippen molar-refractivity contribution in [1.29, 1.82) is 0 Å². The van der Waals surface area contributed by atoms with E-state index in [-0.39, 0.29) is 5.91 Å². The van der Waals surface area contributed by atoms with Gasteiger partial charge in [-0.25, -0.2) is 0 Å². The van der Waals surface area contributed by atoms with Crippen molar-refractivity contribution in [3.63, 3.8) is 0 Å². The summed E-state index contributed by atoms with van der Waals surface area (Å²) in [6.45, 7) is 2.99. The molecule has 3 rings (SSSR count). The summed E-state index contributed by atoms with van der Waals surface area (Å²) in [5, 5.41) is 6.85. The molecule has 3 aromatic rings. The molecule has 0 bridgehead atoms. The van der Waals surface area contributed by atoms with Crippen molar-refractivity contribution < 1.29 is 14.1 Å². The third-order valence-corrected chi connectivity index (χ3v) is 4.30. The minimum absolute atomic E-state index is 0.00813. The van der Waals surface area contributed by atoms with E-state index in [9.17, 15) is 4.79 Å². The molecule has 2 heterocycles. The zero-order chi connectivity index (χ0) is 20.3. The maximum atomic E-state index is 12.0. The van der Waals surface area contributed by atoms with Crippen LogP contribution in [0.3, 0.4) is 0 Å². The number of ether oxygens (including phenoxy) is 1. The lowest BCUT2D eigenvalue weighted by Crippen LogP contribution is -2.22. The summed E-state index contributed by atoms with van der Waals surface area (Å²) in [5.74, 6) is 2.11. The molecular formula is C22H26N4O3. The quantitative estimate of drug-likeness (QED) is 0.534. The van der Waals surface area contributed by atoms with Crippen LogP contribution in [-0.2, 0) is 30.8 Å². The Bertz CT molecular complexity index is 879. The summed E-state index contributed by atoms with van der Waals surface area (Å²) >= 11 is 0. The second-order valence-electron chi connectivity index (χ2n) is 6.74. The van der Waals surface area contributed by atoms with Crippen LogP contribution in [-0.4, -0.2) is 21.0 Å². The molecule has 0 saturated heterocycles. The Morgan fingerprint density at radius 1 is 1.14 bits per heavy atom. The van der Waals surface area contributed by atoms with Gasteiger partial charge in [0.15, 0.2) is 5.82 Å². The fraction of sp³-hybridized carbons (Fsp3) is 0.364. The van der Waals surface area contributed by atoms with Gasteiger partial charge in [-0.2, -0.15) is 4.98 Å². The zero-order valence-corrected chi connectivity index (χ0v) is 16.6. The van der Waals surface area contributed by atoms with Gasteiger partial charge in [-0.05, 0) is 42.7 Å². The first-order valence-corrected chi connectivity index (χ1v) is 9.92. The first-order chi connectivity index (χ1) is 14.2. The molecule has 0 radical (unpaired) electrons. The van der Waals surface area contributed by atoms with Crippen molar-refractivity contribution >= 4 is 5.91 Å². The van der Waals surface area contributed by atoms with Gasteiger partial charge < -0.3 is 14.6 Å². The lowest BCUT2D eigenvalue weighted by molar-refractivity contribution is -0.121. The number of aryl methyl sites for hydroxylation is 2. The number of hydrogen-bond acceptors (Lipinski definition) is 6. The largest absolute Gasteiger partial charge is 0.487 e. The Labute approximate surface area is 170 Å². The van der Waals surface area contributed by atoms with Crippen LogP contribution in [0.2, 0.25) is 0 Å². The number of amides is 1. The number of nitrogens with one attached hydrogen (secondary N) is 1. The lowest BCUT2D eigenvalue weighted by Gasteiger charge is -2.08. The maximum Gasteiger partial charge on any atom is 0.226 e. The van der Waals surface area contributed by atoms with E-state index in [1.165, 1.54) is 0 Å². The van der Waals surface area contributed by atoms with Gasteiger partial charge in [0.2, 0.25) is 11.8 Å². The van der Waals surface area contributed by atoms with Crippen LogP contribution in [0.25, 0.3) is 0 Å². The number of hydrogen-bond donors (Lipinski definition) is 1. The molecule has 1 aromatic carbocycles. The van der Waals surface area contributed by atoms with Crippen molar-refractivity contribution in [3.05, 3.63) is 71.6 Å². The monoisotopic (exact) mass is 394 g/mol. The van der Waals surface area contributed by atoms with Crippen molar-refractivity contribution in [2.75, 3.05) is 0 Å². The third kappa shape index (κ3) is 7.03. The van der Waals surface area contributed by atoms with E-state index in [4.69, 9.17) is 9.26 Å². The predicted octanol–water partition coefficient (Wildman–Crippen LogP) is 3.64. The van der Waals surface area contributed by atoms with Crippen LogP contribution in [0.5, 0.6) is 5.75 Å². The average Bonchev–Trinajstić information content (AvgIpc) is 3.20. The smallest absolute Gasteiger partial charge is 0.226 e. The molecule has 2 aromatic heterocycles. The Morgan fingerprint density at radius 3 is 2.76 bits per heavy atom. The van der Waals surface area contributed by atoms with Gasteiger partial charge in [0.25, 0.3) is 0 Å². The van der Waals surface area contributed by atoms with E-state index < -0.39 is 0 Å². The van der Waals surface area contributed by atoms with Crippen LogP contribution < -0.4 is 10.1 Å². The summed E-state index contributed by atoms with van der Waals surface area (Å²) in [4.78, 5) is 20.6. The van der Waals surface area contributed by atoms with E-state index in [1.807, 2.05) is 42.5 Å². The molecule has 0 atom stereocenters. The Balaban J connectivity index is 1.34. The van der Waals surface area contributed by atoms with E-state index >= 15 is 0 Å². The highest BCUT2D eigenvalue weighted by Gasteiger charge is 2.07. The molecular weight excluding hydrogens is 368 g/mol. The fourth-order valence-electron chi connectivity index (χ4n) is 2.75. The minimum Gasteiger partial charge on any atom is -0.487 e. The first-order valence-electron chi connectivity index (χ1n) is 9.92. The van der Waals surface area contributed by atoms with Crippen molar-refractivity contribution in [2.45, 2.75) is 52.2 Å². The summed E-state index contributed by atoms with van der Waals surface area (Å²) in [6, 6.07) is 13.4.